The molecule has 2 N–H and O–H groups in total. The van der Waals surface area contributed by atoms with Gasteiger partial charge in [0.15, 0.2) is 0 Å². The van der Waals surface area contributed by atoms with Crippen LogP contribution in [0.15, 0.2) is 30.3 Å². The molecule has 0 heterocycles. The molecule has 6 rings (SSSR count). The summed E-state index contributed by atoms with van der Waals surface area (Å²) in [5.74, 6) is 3.92. The highest BCUT2D eigenvalue weighted by Gasteiger charge is 2.49. The topological polar surface area (TPSA) is 50.4 Å². The van der Waals surface area contributed by atoms with Crippen molar-refractivity contribution in [3.05, 3.63) is 35.9 Å². The molecule has 0 aromatic heterocycles. The van der Waals surface area contributed by atoms with E-state index in [1.54, 1.807) is 0 Å². The molecule has 4 nitrogen and oxygen atoms in total. The van der Waals surface area contributed by atoms with Crippen LogP contribution in [0.2, 0.25) is 0 Å². The Hall–Kier alpha value is -1.55. The zero-order valence-corrected chi connectivity index (χ0v) is 15.4. The van der Waals surface area contributed by atoms with Crippen LogP contribution in [0.1, 0.15) is 50.5 Å². The number of hydrogen-bond acceptors (Lipinski definition) is 3. The summed E-state index contributed by atoms with van der Waals surface area (Å²) in [5.41, 5.74) is 1.03. The number of rotatable bonds is 5. The van der Waals surface area contributed by atoms with Crippen LogP contribution in [0.5, 0.6) is 0 Å². The van der Waals surface area contributed by atoms with Gasteiger partial charge < -0.3 is 15.4 Å². The Bertz CT molecular complexity index is 613. The molecule has 0 aliphatic heterocycles. The number of alkyl carbamates (subject to hydrolysis) is 1. The average Bonchev–Trinajstić information content (AvgIpc) is 2.61. The van der Waals surface area contributed by atoms with Crippen LogP contribution >= 0.6 is 0 Å². The third-order valence-electron chi connectivity index (χ3n) is 7.33. The molecule has 140 valence electrons. The van der Waals surface area contributed by atoms with E-state index in [2.05, 4.69) is 10.6 Å². The monoisotopic (exact) mass is 354 g/mol. The Morgan fingerprint density at radius 3 is 2.19 bits per heavy atom. The molecule has 0 radical (unpaired) electrons. The van der Waals surface area contributed by atoms with E-state index in [-0.39, 0.29) is 12.1 Å². The van der Waals surface area contributed by atoms with Crippen LogP contribution < -0.4 is 10.6 Å². The zero-order valence-electron chi connectivity index (χ0n) is 15.4. The minimum absolute atomic E-state index is 0.271. The smallest absolute Gasteiger partial charge is 0.407 e. The van der Waals surface area contributed by atoms with Gasteiger partial charge in [-0.1, -0.05) is 30.3 Å². The largest absolute Gasteiger partial charge is 0.445 e. The first-order chi connectivity index (χ1) is 12.7. The number of ether oxygens (including phenoxy) is 1. The molecular formula is C22H30N2O2. The third-order valence-corrected chi connectivity index (χ3v) is 7.33. The van der Waals surface area contributed by atoms with Crippen LogP contribution in [-0.2, 0) is 11.3 Å². The van der Waals surface area contributed by atoms with Gasteiger partial charge in [-0.2, -0.15) is 0 Å². The predicted molar refractivity (Wildman–Crippen MR) is 101 cm³/mol. The molecule has 1 aromatic rings. The molecule has 4 heteroatoms. The highest BCUT2D eigenvalue weighted by atomic mass is 16.5. The molecule has 1 amide bonds. The number of hydrogen-bond donors (Lipinski definition) is 2. The summed E-state index contributed by atoms with van der Waals surface area (Å²) in [6.45, 7) is 0.342. The second-order valence-corrected chi connectivity index (χ2v) is 9.19. The van der Waals surface area contributed by atoms with Crippen molar-refractivity contribution >= 4 is 6.09 Å². The normalized spacial score (nSPS) is 40.1. The highest BCUT2D eigenvalue weighted by Crippen LogP contribution is 2.54. The molecule has 5 aliphatic carbocycles. The van der Waals surface area contributed by atoms with E-state index >= 15 is 0 Å². The van der Waals surface area contributed by atoms with Crippen LogP contribution in [0, 0.1) is 23.7 Å². The Kier molecular flexibility index (Phi) is 4.39. The van der Waals surface area contributed by atoms with Gasteiger partial charge in [0.2, 0.25) is 0 Å². The second-order valence-electron chi connectivity index (χ2n) is 9.19. The predicted octanol–water partition coefficient (Wildman–Crippen LogP) is 3.86. The number of benzene rings is 1. The van der Waals surface area contributed by atoms with E-state index in [4.69, 9.17) is 4.74 Å². The maximum absolute atomic E-state index is 12.0. The van der Waals surface area contributed by atoms with Crippen molar-refractivity contribution in [1.29, 1.82) is 0 Å². The molecule has 5 fully saturated rings. The first kappa shape index (κ1) is 16.6. The van der Waals surface area contributed by atoms with Gasteiger partial charge in [0.1, 0.15) is 6.61 Å². The minimum Gasteiger partial charge on any atom is -0.445 e. The summed E-state index contributed by atoms with van der Waals surface area (Å²) in [5, 5.41) is 6.98. The minimum atomic E-state index is -0.285. The van der Waals surface area contributed by atoms with Crippen molar-refractivity contribution < 1.29 is 9.53 Å². The first-order valence-electron chi connectivity index (χ1n) is 10.5. The van der Waals surface area contributed by atoms with E-state index in [0.717, 1.165) is 48.1 Å². The highest BCUT2D eigenvalue weighted by molar-refractivity contribution is 5.67. The van der Waals surface area contributed by atoms with E-state index in [1.165, 1.54) is 32.1 Å². The number of carbonyl (C=O) groups is 1. The van der Waals surface area contributed by atoms with Gasteiger partial charge >= 0.3 is 6.09 Å². The lowest BCUT2D eigenvalue weighted by molar-refractivity contribution is -0.0229. The van der Waals surface area contributed by atoms with Gasteiger partial charge in [-0.25, -0.2) is 4.79 Å². The molecule has 4 bridgehead atoms. The fourth-order valence-electron chi connectivity index (χ4n) is 6.27. The van der Waals surface area contributed by atoms with Crippen LogP contribution in [0.4, 0.5) is 4.79 Å². The molecule has 0 unspecified atom stereocenters. The quantitative estimate of drug-likeness (QED) is 0.844. The van der Waals surface area contributed by atoms with Crippen molar-refractivity contribution in [2.24, 2.45) is 23.7 Å². The van der Waals surface area contributed by atoms with Crippen LogP contribution in [0.3, 0.4) is 0 Å². The number of amides is 1. The van der Waals surface area contributed by atoms with Crippen molar-refractivity contribution in [2.75, 3.05) is 0 Å². The van der Waals surface area contributed by atoms with Gasteiger partial charge in [-0.15, -0.1) is 0 Å². The molecule has 0 saturated heterocycles. The van der Waals surface area contributed by atoms with Crippen molar-refractivity contribution in [3.8, 4) is 0 Å². The Morgan fingerprint density at radius 1 is 0.885 bits per heavy atom. The van der Waals surface area contributed by atoms with E-state index in [9.17, 15) is 4.79 Å². The van der Waals surface area contributed by atoms with Crippen LogP contribution in [-0.4, -0.2) is 24.2 Å². The summed E-state index contributed by atoms with van der Waals surface area (Å²) in [6, 6.07) is 11.4. The summed E-state index contributed by atoms with van der Waals surface area (Å²) in [7, 11) is 0. The Balaban J connectivity index is 1.04. The fourth-order valence-corrected chi connectivity index (χ4v) is 6.27. The molecule has 5 aliphatic rings. The zero-order chi connectivity index (χ0) is 17.5. The van der Waals surface area contributed by atoms with Crippen LogP contribution in [0.25, 0.3) is 0 Å². The van der Waals surface area contributed by atoms with E-state index in [1.807, 2.05) is 30.3 Å². The van der Waals surface area contributed by atoms with Gasteiger partial charge in [0.25, 0.3) is 0 Å². The lowest BCUT2D eigenvalue weighted by Gasteiger charge is -2.56. The maximum Gasteiger partial charge on any atom is 0.407 e. The second kappa shape index (κ2) is 6.88. The summed E-state index contributed by atoms with van der Waals surface area (Å²) in [4.78, 5) is 12.0. The fraction of sp³-hybridized carbons (Fsp3) is 0.682. The summed E-state index contributed by atoms with van der Waals surface area (Å²) in [6.07, 6.45) is 9.17. The summed E-state index contributed by atoms with van der Waals surface area (Å²) < 4.78 is 5.33. The molecular weight excluding hydrogens is 324 g/mol. The standard InChI is InChI=1S/C22H30N2O2/c25-22(26-13-14-4-2-1-3-5-14)24-20-11-19(12-20)23-21-17-7-15-6-16(9-17)10-18(21)8-15/h1-5,15-21,23H,6-13H2,(H,24,25). The van der Waals surface area contributed by atoms with E-state index < -0.39 is 0 Å². The van der Waals surface area contributed by atoms with Crippen molar-refractivity contribution in [2.45, 2.75) is 69.7 Å². The van der Waals surface area contributed by atoms with Crippen molar-refractivity contribution in [3.63, 3.8) is 0 Å². The Labute approximate surface area is 156 Å². The van der Waals surface area contributed by atoms with Gasteiger partial charge in [0.05, 0.1) is 0 Å². The first-order valence-corrected chi connectivity index (χ1v) is 10.5. The van der Waals surface area contributed by atoms with Crippen molar-refractivity contribution in [1.82, 2.24) is 10.6 Å². The molecule has 26 heavy (non-hydrogen) atoms. The SMILES string of the molecule is O=C(NC1CC(NC2C3CC4CC(C3)CC2C4)C1)OCc1ccccc1. The summed E-state index contributed by atoms with van der Waals surface area (Å²) >= 11 is 0. The Morgan fingerprint density at radius 2 is 1.54 bits per heavy atom. The number of nitrogens with one attached hydrogen (secondary N) is 2. The number of carbonyl (C=O) groups excluding carboxylic acids is 1. The van der Waals surface area contributed by atoms with Gasteiger partial charge in [-0.05, 0) is 74.2 Å². The maximum atomic E-state index is 12.0. The molecule has 0 spiro atoms. The van der Waals surface area contributed by atoms with E-state index in [0.29, 0.717) is 12.6 Å². The molecule has 1 aromatic carbocycles. The lowest BCUT2D eigenvalue weighted by Crippen LogP contribution is -2.61. The molecule has 0 atom stereocenters. The van der Waals surface area contributed by atoms with Gasteiger partial charge in [0, 0.05) is 18.1 Å². The molecule has 5 saturated carbocycles. The average molecular weight is 354 g/mol. The lowest BCUT2D eigenvalue weighted by atomic mass is 9.54. The van der Waals surface area contributed by atoms with Gasteiger partial charge in [-0.3, -0.25) is 0 Å². The third kappa shape index (κ3) is 3.36.